The highest BCUT2D eigenvalue weighted by Gasteiger charge is 2.28. The van der Waals surface area contributed by atoms with Gasteiger partial charge in [0.15, 0.2) is 0 Å². The minimum atomic E-state index is 0.788. The van der Waals surface area contributed by atoms with Gasteiger partial charge in [-0.05, 0) is 57.0 Å². The van der Waals surface area contributed by atoms with E-state index in [0.29, 0.717) is 0 Å². The summed E-state index contributed by atoms with van der Waals surface area (Å²) in [7, 11) is 0. The molecule has 0 aromatic heterocycles. The Bertz CT molecular complexity index is 237. The molecule has 0 aromatic carbocycles. The molecule has 0 heterocycles. The summed E-state index contributed by atoms with van der Waals surface area (Å²) in [6.07, 6.45) is 11.4. The van der Waals surface area contributed by atoms with E-state index in [4.69, 9.17) is 0 Å². The monoisotopic (exact) mass is 266 g/mol. The number of nitrogens with zero attached hydrogens (tertiary/aromatic N) is 1. The minimum Gasteiger partial charge on any atom is -0.314 e. The molecule has 1 N–H and O–H groups in total. The molecule has 2 saturated carbocycles. The average molecular weight is 266 g/mol. The van der Waals surface area contributed by atoms with Crippen LogP contribution in [-0.4, -0.2) is 37.1 Å². The van der Waals surface area contributed by atoms with Crippen LogP contribution >= 0.6 is 0 Å². The standard InChI is InChI=1S/C17H34N2/c1-3-12-18-17-9-7-5-6-8-16(17)14-19(4-2)13-15-10-11-15/h15-18H,3-14H2,1-2H3. The van der Waals surface area contributed by atoms with Crippen molar-refractivity contribution in [1.29, 1.82) is 0 Å². The van der Waals surface area contributed by atoms with Gasteiger partial charge in [0.05, 0.1) is 0 Å². The van der Waals surface area contributed by atoms with Crippen LogP contribution in [0, 0.1) is 11.8 Å². The molecule has 2 fully saturated rings. The smallest absolute Gasteiger partial charge is 0.0107 e. The fourth-order valence-electron chi connectivity index (χ4n) is 3.53. The molecule has 0 aliphatic heterocycles. The molecule has 2 heteroatoms. The van der Waals surface area contributed by atoms with Crippen LogP contribution in [0.3, 0.4) is 0 Å². The number of rotatable bonds is 8. The first kappa shape index (κ1) is 15.3. The lowest BCUT2D eigenvalue weighted by Gasteiger charge is -2.31. The molecule has 112 valence electrons. The van der Waals surface area contributed by atoms with Gasteiger partial charge in [-0.25, -0.2) is 0 Å². The normalized spacial score (nSPS) is 28.6. The summed E-state index contributed by atoms with van der Waals surface area (Å²) in [4.78, 5) is 2.73. The van der Waals surface area contributed by atoms with E-state index in [1.54, 1.807) is 0 Å². The van der Waals surface area contributed by atoms with Crippen LogP contribution < -0.4 is 5.32 Å². The summed E-state index contributed by atoms with van der Waals surface area (Å²) >= 11 is 0. The topological polar surface area (TPSA) is 15.3 Å². The second-order valence-corrected chi connectivity index (χ2v) is 6.75. The van der Waals surface area contributed by atoms with Crippen molar-refractivity contribution < 1.29 is 0 Å². The molecule has 0 radical (unpaired) electrons. The van der Waals surface area contributed by atoms with Gasteiger partial charge in [-0.2, -0.15) is 0 Å². The van der Waals surface area contributed by atoms with E-state index < -0.39 is 0 Å². The minimum absolute atomic E-state index is 0.788. The first-order chi connectivity index (χ1) is 9.33. The predicted octanol–water partition coefficient (Wildman–Crippen LogP) is 3.67. The summed E-state index contributed by atoms with van der Waals surface area (Å²) in [5, 5.41) is 3.83. The highest BCUT2D eigenvalue weighted by atomic mass is 15.1. The zero-order valence-electron chi connectivity index (χ0n) is 13.2. The van der Waals surface area contributed by atoms with Crippen LogP contribution in [0.1, 0.15) is 65.2 Å². The Hall–Kier alpha value is -0.0800. The number of hydrogen-bond donors (Lipinski definition) is 1. The van der Waals surface area contributed by atoms with Gasteiger partial charge in [0.1, 0.15) is 0 Å². The Kier molecular flexibility index (Phi) is 6.66. The molecule has 0 bridgehead atoms. The van der Waals surface area contributed by atoms with E-state index in [1.807, 2.05) is 0 Å². The summed E-state index contributed by atoms with van der Waals surface area (Å²) in [5.74, 6) is 1.93. The van der Waals surface area contributed by atoms with Gasteiger partial charge in [0.2, 0.25) is 0 Å². The van der Waals surface area contributed by atoms with Crippen molar-refractivity contribution in [3.8, 4) is 0 Å². The fraction of sp³-hybridized carbons (Fsp3) is 1.00. The lowest BCUT2D eigenvalue weighted by atomic mass is 9.93. The maximum Gasteiger partial charge on any atom is 0.0107 e. The summed E-state index contributed by atoms with van der Waals surface area (Å²) in [6.45, 7) is 9.78. The Labute approximate surface area is 120 Å². The summed E-state index contributed by atoms with van der Waals surface area (Å²) in [5.41, 5.74) is 0. The highest BCUT2D eigenvalue weighted by molar-refractivity contribution is 4.84. The second-order valence-electron chi connectivity index (χ2n) is 6.75. The molecule has 19 heavy (non-hydrogen) atoms. The van der Waals surface area contributed by atoms with Crippen molar-refractivity contribution in [1.82, 2.24) is 10.2 Å². The van der Waals surface area contributed by atoms with Gasteiger partial charge < -0.3 is 10.2 Å². The maximum atomic E-state index is 3.83. The number of nitrogens with one attached hydrogen (secondary N) is 1. The molecular weight excluding hydrogens is 232 g/mol. The molecule has 0 saturated heterocycles. The van der Waals surface area contributed by atoms with Crippen LogP contribution in [-0.2, 0) is 0 Å². The van der Waals surface area contributed by atoms with Crippen molar-refractivity contribution in [3.05, 3.63) is 0 Å². The Morgan fingerprint density at radius 2 is 1.74 bits per heavy atom. The summed E-state index contributed by atoms with van der Waals surface area (Å²) < 4.78 is 0. The third kappa shape index (κ3) is 5.43. The SMILES string of the molecule is CCCNC1CCCCCC1CN(CC)CC1CC1. The number of hydrogen-bond acceptors (Lipinski definition) is 2. The van der Waals surface area contributed by atoms with E-state index in [9.17, 15) is 0 Å². The molecule has 2 nitrogen and oxygen atoms in total. The molecule has 0 spiro atoms. The third-order valence-corrected chi connectivity index (χ3v) is 4.97. The van der Waals surface area contributed by atoms with Crippen LogP contribution in [0.15, 0.2) is 0 Å². The van der Waals surface area contributed by atoms with E-state index >= 15 is 0 Å². The van der Waals surface area contributed by atoms with Crippen molar-refractivity contribution in [2.75, 3.05) is 26.2 Å². The molecule has 2 unspecified atom stereocenters. The van der Waals surface area contributed by atoms with Crippen molar-refractivity contribution in [2.45, 2.75) is 71.3 Å². The molecule has 0 amide bonds. The predicted molar refractivity (Wildman–Crippen MR) is 83.5 cm³/mol. The molecule has 2 aliphatic carbocycles. The first-order valence-electron chi connectivity index (χ1n) is 8.79. The Morgan fingerprint density at radius 1 is 0.947 bits per heavy atom. The van der Waals surface area contributed by atoms with E-state index in [0.717, 1.165) is 17.9 Å². The fourth-order valence-corrected chi connectivity index (χ4v) is 3.53. The van der Waals surface area contributed by atoms with Gasteiger partial charge in [0, 0.05) is 19.1 Å². The third-order valence-electron chi connectivity index (χ3n) is 4.97. The first-order valence-corrected chi connectivity index (χ1v) is 8.79. The van der Waals surface area contributed by atoms with Crippen molar-refractivity contribution >= 4 is 0 Å². The van der Waals surface area contributed by atoms with Crippen molar-refractivity contribution in [3.63, 3.8) is 0 Å². The van der Waals surface area contributed by atoms with Gasteiger partial charge >= 0.3 is 0 Å². The molecule has 2 atom stereocenters. The quantitative estimate of drug-likeness (QED) is 0.674. The van der Waals surface area contributed by atoms with Crippen LogP contribution in [0.25, 0.3) is 0 Å². The van der Waals surface area contributed by atoms with Gasteiger partial charge in [0.25, 0.3) is 0 Å². The van der Waals surface area contributed by atoms with E-state index in [1.165, 1.54) is 77.5 Å². The zero-order chi connectivity index (χ0) is 13.5. The Morgan fingerprint density at radius 3 is 2.42 bits per heavy atom. The lowest BCUT2D eigenvalue weighted by molar-refractivity contribution is 0.195. The van der Waals surface area contributed by atoms with E-state index in [-0.39, 0.29) is 0 Å². The largest absolute Gasteiger partial charge is 0.314 e. The molecular formula is C17H34N2. The zero-order valence-corrected chi connectivity index (χ0v) is 13.2. The maximum absolute atomic E-state index is 3.83. The van der Waals surface area contributed by atoms with Crippen LogP contribution in [0.5, 0.6) is 0 Å². The lowest BCUT2D eigenvalue weighted by Crippen LogP contribution is -2.42. The summed E-state index contributed by atoms with van der Waals surface area (Å²) in [6, 6.07) is 0.788. The average Bonchev–Trinajstić information content (AvgIpc) is 3.24. The van der Waals surface area contributed by atoms with Gasteiger partial charge in [-0.1, -0.05) is 33.1 Å². The van der Waals surface area contributed by atoms with Crippen LogP contribution in [0.4, 0.5) is 0 Å². The molecule has 2 aliphatic rings. The molecule has 0 aromatic rings. The second kappa shape index (κ2) is 8.26. The Balaban J connectivity index is 1.83. The van der Waals surface area contributed by atoms with Gasteiger partial charge in [-0.3, -0.25) is 0 Å². The highest BCUT2D eigenvalue weighted by Crippen LogP contribution is 2.31. The molecule has 2 rings (SSSR count). The van der Waals surface area contributed by atoms with Gasteiger partial charge in [-0.15, -0.1) is 0 Å². The van der Waals surface area contributed by atoms with Crippen LogP contribution in [0.2, 0.25) is 0 Å². The van der Waals surface area contributed by atoms with E-state index in [2.05, 4.69) is 24.1 Å². The van der Waals surface area contributed by atoms with Crippen molar-refractivity contribution in [2.24, 2.45) is 11.8 Å².